The van der Waals surface area contributed by atoms with Gasteiger partial charge in [-0.25, -0.2) is 0 Å². The second kappa shape index (κ2) is 6.51. The molecule has 0 unspecified atom stereocenters. The van der Waals surface area contributed by atoms with E-state index in [1.807, 2.05) is 43.4 Å². The molecule has 0 aliphatic rings. The van der Waals surface area contributed by atoms with Crippen LogP contribution in [0.15, 0.2) is 42.5 Å². The highest BCUT2D eigenvalue weighted by Crippen LogP contribution is 2.25. The summed E-state index contributed by atoms with van der Waals surface area (Å²) in [6.07, 6.45) is 0. The van der Waals surface area contributed by atoms with Crippen molar-refractivity contribution in [1.29, 1.82) is 0 Å². The summed E-state index contributed by atoms with van der Waals surface area (Å²) in [4.78, 5) is 2.12. The number of benzene rings is 2. The molecule has 19 heavy (non-hydrogen) atoms. The lowest BCUT2D eigenvalue weighted by Crippen LogP contribution is -2.16. The molecule has 0 fully saturated rings. The minimum Gasteiger partial charge on any atom is -0.370 e. The Kier molecular flexibility index (Phi) is 4.98. The van der Waals surface area contributed by atoms with Gasteiger partial charge in [-0.1, -0.05) is 41.4 Å². The molecule has 0 aliphatic heterocycles. The van der Waals surface area contributed by atoms with E-state index in [9.17, 15) is 0 Å². The Morgan fingerprint density at radius 2 is 1.84 bits per heavy atom. The summed E-state index contributed by atoms with van der Waals surface area (Å²) in [5.41, 5.74) is 3.16. The van der Waals surface area contributed by atoms with Gasteiger partial charge in [0, 0.05) is 35.2 Å². The lowest BCUT2D eigenvalue weighted by molar-refractivity contribution is 0.923. The van der Waals surface area contributed by atoms with Crippen LogP contribution < -0.4 is 4.90 Å². The summed E-state index contributed by atoms with van der Waals surface area (Å²) in [6.45, 7) is 0.775. The molecule has 1 nitrogen and oxygen atoms in total. The van der Waals surface area contributed by atoms with E-state index in [4.69, 9.17) is 34.8 Å². The molecule has 0 atom stereocenters. The summed E-state index contributed by atoms with van der Waals surface area (Å²) < 4.78 is 0. The number of hydrogen-bond donors (Lipinski definition) is 0. The zero-order valence-electron chi connectivity index (χ0n) is 10.5. The smallest absolute Gasteiger partial charge is 0.0488 e. The van der Waals surface area contributed by atoms with E-state index < -0.39 is 0 Å². The highest BCUT2D eigenvalue weighted by molar-refractivity contribution is 6.32. The van der Waals surface area contributed by atoms with Gasteiger partial charge in [-0.3, -0.25) is 0 Å². The lowest BCUT2D eigenvalue weighted by Gasteiger charge is -2.20. The maximum atomic E-state index is 6.17. The van der Waals surface area contributed by atoms with E-state index in [0.717, 1.165) is 28.4 Å². The van der Waals surface area contributed by atoms with Crippen molar-refractivity contribution < 1.29 is 0 Å². The molecule has 0 heterocycles. The first-order valence-corrected chi connectivity index (χ1v) is 7.19. The number of rotatable bonds is 4. The van der Waals surface area contributed by atoms with Crippen molar-refractivity contribution in [2.75, 3.05) is 11.9 Å². The molecule has 100 valence electrons. The second-order valence-electron chi connectivity index (χ2n) is 4.40. The Morgan fingerprint density at radius 3 is 2.47 bits per heavy atom. The first-order valence-electron chi connectivity index (χ1n) is 5.90. The molecular formula is C15H14Cl3N. The lowest BCUT2D eigenvalue weighted by atomic mass is 10.2. The van der Waals surface area contributed by atoms with Crippen molar-refractivity contribution in [2.45, 2.75) is 12.4 Å². The fourth-order valence-electron chi connectivity index (χ4n) is 1.88. The van der Waals surface area contributed by atoms with Gasteiger partial charge in [0.1, 0.15) is 0 Å². The van der Waals surface area contributed by atoms with Crippen LogP contribution in [0.5, 0.6) is 0 Å². The Bertz CT molecular complexity index is 569. The molecule has 0 bridgehead atoms. The molecule has 0 radical (unpaired) electrons. The first kappa shape index (κ1) is 14.5. The molecule has 0 aliphatic carbocycles. The second-order valence-corrected chi connectivity index (χ2v) is 5.51. The van der Waals surface area contributed by atoms with Crippen LogP contribution in [0.2, 0.25) is 10.0 Å². The third-order valence-corrected chi connectivity index (χ3v) is 3.81. The van der Waals surface area contributed by atoms with E-state index in [-0.39, 0.29) is 0 Å². The number of anilines is 1. The quantitative estimate of drug-likeness (QED) is 0.686. The van der Waals surface area contributed by atoms with Crippen LogP contribution in [-0.4, -0.2) is 7.05 Å². The fourth-order valence-corrected chi connectivity index (χ4v) is 2.64. The molecule has 2 rings (SSSR count). The van der Waals surface area contributed by atoms with Gasteiger partial charge in [0.2, 0.25) is 0 Å². The normalized spacial score (nSPS) is 10.5. The highest BCUT2D eigenvalue weighted by atomic mass is 35.5. The van der Waals surface area contributed by atoms with Crippen molar-refractivity contribution in [2.24, 2.45) is 0 Å². The molecule has 0 N–H and O–H groups in total. The molecule has 4 heteroatoms. The van der Waals surface area contributed by atoms with Gasteiger partial charge < -0.3 is 4.90 Å². The number of hydrogen-bond acceptors (Lipinski definition) is 1. The van der Waals surface area contributed by atoms with Crippen molar-refractivity contribution >= 4 is 40.5 Å². The van der Waals surface area contributed by atoms with E-state index in [1.54, 1.807) is 0 Å². The van der Waals surface area contributed by atoms with Crippen LogP contribution in [-0.2, 0) is 12.4 Å². The Labute approximate surface area is 128 Å². The largest absolute Gasteiger partial charge is 0.370 e. The average Bonchev–Trinajstić information content (AvgIpc) is 2.38. The highest BCUT2D eigenvalue weighted by Gasteiger charge is 2.06. The van der Waals surface area contributed by atoms with Crippen LogP contribution in [0.1, 0.15) is 11.1 Å². The molecule has 0 saturated heterocycles. The molecule has 0 amide bonds. The van der Waals surface area contributed by atoms with Crippen molar-refractivity contribution in [3.05, 3.63) is 63.6 Å². The van der Waals surface area contributed by atoms with E-state index in [1.165, 1.54) is 0 Å². The van der Waals surface area contributed by atoms with E-state index in [0.29, 0.717) is 10.9 Å². The van der Waals surface area contributed by atoms with Gasteiger partial charge in [0.25, 0.3) is 0 Å². The maximum absolute atomic E-state index is 6.17. The van der Waals surface area contributed by atoms with Crippen LogP contribution in [0, 0.1) is 0 Å². The molecule has 2 aromatic carbocycles. The first-order chi connectivity index (χ1) is 9.10. The SMILES string of the molecule is CN(Cc1cccc(Cl)c1)c1ccc(CCl)c(Cl)c1. The third kappa shape index (κ3) is 3.79. The molecule has 0 spiro atoms. The Hall–Kier alpha value is -0.890. The monoisotopic (exact) mass is 313 g/mol. The standard InChI is InChI=1S/C15H14Cl3N/c1-19(10-11-3-2-4-13(17)7-11)14-6-5-12(9-16)15(18)8-14/h2-8H,9-10H2,1H3. The molecule has 0 aromatic heterocycles. The van der Waals surface area contributed by atoms with Crippen molar-refractivity contribution in [3.8, 4) is 0 Å². The van der Waals surface area contributed by atoms with Gasteiger partial charge in [-0.2, -0.15) is 0 Å². The summed E-state index contributed by atoms with van der Waals surface area (Å²) in [7, 11) is 2.02. The van der Waals surface area contributed by atoms with Crippen molar-refractivity contribution in [3.63, 3.8) is 0 Å². The third-order valence-electron chi connectivity index (χ3n) is 2.93. The van der Waals surface area contributed by atoms with Gasteiger partial charge in [0.15, 0.2) is 0 Å². The van der Waals surface area contributed by atoms with Gasteiger partial charge in [-0.05, 0) is 35.4 Å². The number of halogens is 3. The van der Waals surface area contributed by atoms with Crippen LogP contribution >= 0.6 is 34.8 Å². The van der Waals surface area contributed by atoms with Crippen LogP contribution in [0.25, 0.3) is 0 Å². The van der Waals surface area contributed by atoms with E-state index in [2.05, 4.69) is 11.0 Å². The number of nitrogens with zero attached hydrogens (tertiary/aromatic N) is 1. The predicted octanol–water partition coefficient (Wildman–Crippen LogP) is 5.37. The zero-order chi connectivity index (χ0) is 13.8. The molecular weight excluding hydrogens is 301 g/mol. The summed E-state index contributed by atoms with van der Waals surface area (Å²) in [5, 5.41) is 1.45. The minimum atomic E-state index is 0.428. The fraction of sp³-hybridized carbons (Fsp3) is 0.200. The minimum absolute atomic E-state index is 0.428. The topological polar surface area (TPSA) is 3.24 Å². The van der Waals surface area contributed by atoms with Crippen molar-refractivity contribution in [1.82, 2.24) is 0 Å². The summed E-state index contributed by atoms with van der Waals surface area (Å²) >= 11 is 18.0. The van der Waals surface area contributed by atoms with Gasteiger partial charge in [0.05, 0.1) is 0 Å². The zero-order valence-corrected chi connectivity index (χ0v) is 12.8. The van der Waals surface area contributed by atoms with E-state index >= 15 is 0 Å². The van der Waals surface area contributed by atoms with Crippen LogP contribution in [0.3, 0.4) is 0 Å². The average molecular weight is 315 g/mol. The Morgan fingerprint density at radius 1 is 1.05 bits per heavy atom. The predicted molar refractivity (Wildman–Crippen MR) is 84.6 cm³/mol. The molecule has 0 saturated carbocycles. The maximum Gasteiger partial charge on any atom is 0.0488 e. The van der Waals surface area contributed by atoms with Crippen LogP contribution in [0.4, 0.5) is 5.69 Å². The van der Waals surface area contributed by atoms with Gasteiger partial charge >= 0.3 is 0 Å². The summed E-state index contributed by atoms with van der Waals surface area (Å²) in [6, 6.07) is 13.8. The number of alkyl halides is 1. The summed E-state index contributed by atoms with van der Waals surface area (Å²) in [5.74, 6) is 0.428. The van der Waals surface area contributed by atoms with Gasteiger partial charge in [-0.15, -0.1) is 11.6 Å². The molecule has 2 aromatic rings. The Balaban J connectivity index is 2.15.